The van der Waals surface area contributed by atoms with E-state index in [1.807, 2.05) is 0 Å². The van der Waals surface area contributed by atoms with E-state index in [0.29, 0.717) is 28.6 Å². The molecule has 0 saturated heterocycles. The van der Waals surface area contributed by atoms with Crippen LogP contribution in [0, 0.1) is 0 Å². The zero-order chi connectivity index (χ0) is 18.2. The average molecular weight is 344 g/mol. The van der Waals surface area contributed by atoms with Crippen molar-refractivity contribution in [1.29, 1.82) is 0 Å². The fourth-order valence-electron chi connectivity index (χ4n) is 2.28. The van der Waals surface area contributed by atoms with Crippen LogP contribution in [-0.4, -0.2) is 34.4 Å². The highest BCUT2D eigenvalue weighted by molar-refractivity contribution is 5.89. The minimum atomic E-state index is -0.559. The summed E-state index contributed by atoms with van der Waals surface area (Å²) in [7, 11) is 6.08. The van der Waals surface area contributed by atoms with E-state index in [-0.39, 0.29) is 5.75 Å². The van der Waals surface area contributed by atoms with Crippen LogP contribution in [0.2, 0.25) is 0 Å². The normalized spacial score (nSPS) is 10.4. The molecule has 0 heterocycles. The molecule has 0 fully saturated rings. The van der Waals surface area contributed by atoms with Crippen LogP contribution in [0.5, 0.6) is 28.7 Å². The van der Waals surface area contributed by atoms with E-state index in [1.165, 1.54) is 27.4 Å². The standard InChI is InChI=1S/C19H20O6/c1-21-14-8-5-7-13(18(14)23-3)11-12-17(20)25-16-10-6-9-15(22-2)19(16)24-4/h5-12H,1-4H3/b12-11+. The number of methoxy groups -OCH3 is 4. The molecule has 2 aromatic rings. The SMILES string of the molecule is COc1cccc(/C=C/C(=O)Oc2cccc(OC)c2OC)c1OC. The van der Waals surface area contributed by atoms with E-state index in [4.69, 9.17) is 23.7 Å². The third-order valence-corrected chi connectivity index (χ3v) is 3.41. The Balaban J connectivity index is 2.20. The lowest BCUT2D eigenvalue weighted by Crippen LogP contribution is -2.05. The van der Waals surface area contributed by atoms with Crippen molar-refractivity contribution in [2.45, 2.75) is 0 Å². The van der Waals surface area contributed by atoms with Gasteiger partial charge in [-0.25, -0.2) is 4.79 Å². The zero-order valence-electron chi connectivity index (χ0n) is 14.6. The van der Waals surface area contributed by atoms with E-state index in [9.17, 15) is 4.79 Å². The van der Waals surface area contributed by atoms with Crippen molar-refractivity contribution < 1.29 is 28.5 Å². The summed E-state index contributed by atoms with van der Waals surface area (Å²) in [5, 5.41) is 0. The molecule has 0 bridgehead atoms. The summed E-state index contributed by atoms with van der Waals surface area (Å²) in [5.74, 6) is 1.66. The van der Waals surface area contributed by atoms with Crippen molar-refractivity contribution >= 4 is 12.0 Å². The van der Waals surface area contributed by atoms with E-state index in [1.54, 1.807) is 49.6 Å². The predicted octanol–water partition coefficient (Wildman–Crippen LogP) is 3.34. The smallest absolute Gasteiger partial charge is 0.336 e. The van der Waals surface area contributed by atoms with E-state index >= 15 is 0 Å². The lowest BCUT2D eigenvalue weighted by atomic mass is 10.1. The summed E-state index contributed by atoms with van der Waals surface area (Å²) >= 11 is 0. The Bertz CT molecular complexity index is 767. The van der Waals surface area contributed by atoms with Crippen LogP contribution >= 0.6 is 0 Å². The summed E-state index contributed by atoms with van der Waals surface area (Å²) in [5.41, 5.74) is 0.691. The highest BCUT2D eigenvalue weighted by Gasteiger charge is 2.13. The molecule has 0 radical (unpaired) electrons. The summed E-state index contributed by atoms with van der Waals surface area (Å²) < 4.78 is 26.3. The Morgan fingerprint density at radius 1 is 0.760 bits per heavy atom. The molecule has 0 amide bonds. The Hall–Kier alpha value is -3.15. The molecule has 2 aromatic carbocycles. The maximum Gasteiger partial charge on any atom is 0.336 e. The summed E-state index contributed by atoms with van der Waals surface area (Å²) in [6, 6.07) is 10.4. The molecule has 0 atom stereocenters. The van der Waals surface area contributed by atoms with Crippen molar-refractivity contribution in [2.24, 2.45) is 0 Å². The second kappa shape index (κ2) is 8.63. The first kappa shape index (κ1) is 18.2. The van der Waals surface area contributed by atoms with Gasteiger partial charge in [0.1, 0.15) is 0 Å². The van der Waals surface area contributed by atoms with Gasteiger partial charge in [-0.2, -0.15) is 0 Å². The van der Waals surface area contributed by atoms with Crippen LogP contribution in [0.4, 0.5) is 0 Å². The minimum Gasteiger partial charge on any atom is -0.493 e. The third-order valence-electron chi connectivity index (χ3n) is 3.41. The van der Waals surface area contributed by atoms with E-state index in [2.05, 4.69) is 0 Å². The first-order valence-corrected chi connectivity index (χ1v) is 7.46. The minimum absolute atomic E-state index is 0.272. The van der Waals surface area contributed by atoms with Crippen LogP contribution in [-0.2, 0) is 4.79 Å². The lowest BCUT2D eigenvalue weighted by molar-refractivity contribution is -0.129. The molecule has 0 saturated carbocycles. The maximum absolute atomic E-state index is 12.1. The Kier molecular flexibility index (Phi) is 6.28. The number of rotatable bonds is 7. The van der Waals surface area contributed by atoms with Crippen molar-refractivity contribution in [3.63, 3.8) is 0 Å². The van der Waals surface area contributed by atoms with Gasteiger partial charge in [0.05, 0.1) is 28.4 Å². The molecular formula is C19H20O6. The Morgan fingerprint density at radius 3 is 1.92 bits per heavy atom. The van der Waals surface area contributed by atoms with Crippen LogP contribution in [0.15, 0.2) is 42.5 Å². The molecule has 6 nitrogen and oxygen atoms in total. The largest absolute Gasteiger partial charge is 0.493 e. The summed E-state index contributed by atoms with van der Waals surface area (Å²) in [4.78, 5) is 12.1. The molecule has 0 aromatic heterocycles. The molecule has 6 heteroatoms. The van der Waals surface area contributed by atoms with Crippen LogP contribution in [0.25, 0.3) is 6.08 Å². The van der Waals surface area contributed by atoms with Gasteiger partial charge in [-0.05, 0) is 24.3 Å². The van der Waals surface area contributed by atoms with Crippen LogP contribution in [0.1, 0.15) is 5.56 Å². The summed E-state index contributed by atoms with van der Waals surface area (Å²) in [6.45, 7) is 0. The second-order valence-corrected chi connectivity index (χ2v) is 4.83. The topological polar surface area (TPSA) is 63.2 Å². The first-order valence-electron chi connectivity index (χ1n) is 7.46. The monoisotopic (exact) mass is 344 g/mol. The van der Waals surface area contributed by atoms with Gasteiger partial charge in [-0.3, -0.25) is 0 Å². The van der Waals surface area contributed by atoms with Gasteiger partial charge >= 0.3 is 5.97 Å². The van der Waals surface area contributed by atoms with Gasteiger partial charge in [-0.1, -0.05) is 18.2 Å². The molecular weight excluding hydrogens is 324 g/mol. The van der Waals surface area contributed by atoms with Gasteiger partial charge in [0.15, 0.2) is 23.0 Å². The predicted molar refractivity (Wildman–Crippen MR) is 93.8 cm³/mol. The van der Waals surface area contributed by atoms with Crippen LogP contribution in [0.3, 0.4) is 0 Å². The highest BCUT2D eigenvalue weighted by atomic mass is 16.6. The molecule has 0 spiro atoms. The van der Waals surface area contributed by atoms with Crippen molar-refractivity contribution in [3.8, 4) is 28.7 Å². The number of hydrogen-bond donors (Lipinski definition) is 0. The Morgan fingerprint density at radius 2 is 1.32 bits per heavy atom. The number of hydrogen-bond acceptors (Lipinski definition) is 6. The number of ether oxygens (including phenoxy) is 5. The molecule has 2 rings (SSSR count). The van der Waals surface area contributed by atoms with Gasteiger partial charge < -0.3 is 23.7 Å². The fourth-order valence-corrected chi connectivity index (χ4v) is 2.28. The molecule has 0 unspecified atom stereocenters. The van der Waals surface area contributed by atoms with Gasteiger partial charge in [0.2, 0.25) is 5.75 Å². The average Bonchev–Trinajstić information content (AvgIpc) is 2.65. The molecule has 0 aliphatic carbocycles. The summed E-state index contributed by atoms with van der Waals surface area (Å²) in [6.07, 6.45) is 2.90. The van der Waals surface area contributed by atoms with Gasteiger partial charge in [0, 0.05) is 11.6 Å². The lowest BCUT2D eigenvalue weighted by Gasteiger charge is -2.11. The molecule has 0 N–H and O–H groups in total. The molecule has 0 aliphatic heterocycles. The molecule has 0 aliphatic rings. The number of benzene rings is 2. The highest BCUT2D eigenvalue weighted by Crippen LogP contribution is 2.37. The molecule has 25 heavy (non-hydrogen) atoms. The van der Waals surface area contributed by atoms with Gasteiger partial charge in [0.25, 0.3) is 0 Å². The number of esters is 1. The van der Waals surface area contributed by atoms with Gasteiger partial charge in [-0.15, -0.1) is 0 Å². The Labute approximate surface area is 146 Å². The number of carbonyl (C=O) groups excluding carboxylic acids is 1. The van der Waals surface area contributed by atoms with Crippen LogP contribution < -0.4 is 23.7 Å². The zero-order valence-corrected chi connectivity index (χ0v) is 14.6. The second-order valence-electron chi connectivity index (χ2n) is 4.83. The van der Waals surface area contributed by atoms with Crippen molar-refractivity contribution in [3.05, 3.63) is 48.0 Å². The quantitative estimate of drug-likeness (QED) is 0.436. The number of para-hydroxylation sites is 2. The van der Waals surface area contributed by atoms with Crippen molar-refractivity contribution in [1.82, 2.24) is 0 Å². The van der Waals surface area contributed by atoms with E-state index in [0.717, 1.165) is 0 Å². The third kappa shape index (κ3) is 4.23. The fraction of sp³-hybridized carbons (Fsp3) is 0.211. The number of carbonyl (C=O) groups is 1. The van der Waals surface area contributed by atoms with E-state index < -0.39 is 5.97 Å². The maximum atomic E-state index is 12.1. The van der Waals surface area contributed by atoms with Crippen molar-refractivity contribution in [2.75, 3.05) is 28.4 Å². The first-order chi connectivity index (χ1) is 12.1. The molecule has 132 valence electrons.